The number of piperidine rings is 1. The number of hydrogen-bond acceptors (Lipinski definition) is 5. The van der Waals surface area contributed by atoms with Crippen LogP contribution in [0.1, 0.15) is 13.3 Å². The highest BCUT2D eigenvalue weighted by atomic mass is 16.6. The molecule has 0 aliphatic carbocycles. The van der Waals surface area contributed by atoms with E-state index in [9.17, 15) is 4.79 Å². The summed E-state index contributed by atoms with van der Waals surface area (Å²) in [6, 6.07) is 0.158. The maximum absolute atomic E-state index is 12.5. The van der Waals surface area contributed by atoms with Crippen molar-refractivity contribution in [1.82, 2.24) is 9.80 Å². The maximum atomic E-state index is 12.5. The van der Waals surface area contributed by atoms with Crippen LogP contribution in [0, 0.1) is 0 Å². The van der Waals surface area contributed by atoms with Gasteiger partial charge in [0.1, 0.15) is 19.5 Å². The molecule has 6 heteroatoms. The van der Waals surface area contributed by atoms with Crippen molar-refractivity contribution in [2.24, 2.45) is 0 Å². The van der Waals surface area contributed by atoms with Gasteiger partial charge in [0.2, 0.25) is 5.76 Å². The number of fused-ring (bicyclic) bond motifs is 1. The Kier molecular flexibility index (Phi) is 4.12. The van der Waals surface area contributed by atoms with E-state index in [1.54, 1.807) is 0 Å². The number of likely N-dealkylation sites (N-methyl/N-ethyl adjacent to an activating group) is 1. The summed E-state index contributed by atoms with van der Waals surface area (Å²) in [5.74, 6) is 0.266. The molecule has 0 unspecified atom stereocenters. The average molecular weight is 282 g/mol. The number of hydrogen-bond donors (Lipinski definition) is 0. The first-order valence-electron chi connectivity index (χ1n) is 7.39. The maximum Gasteiger partial charge on any atom is 0.292 e. The molecule has 2 saturated heterocycles. The summed E-state index contributed by atoms with van der Waals surface area (Å²) in [6.45, 7) is 7.29. The number of morpholine rings is 1. The van der Waals surface area contributed by atoms with E-state index in [1.807, 2.05) is 4.90 Å². The Bertz CT molecular complexity index is 399. The zero-order valence-corrected chi connectivity index (χ0v) is 11.9. The van der Waals surface area contributed by atoms with E-state index < -0.39 is 0 Å². The van der Waals surface area contributed by atoms with Crippen LogP contribution in [0.5, 0.6) is 0 Å². The summed E-state index contributed by atoms with van der Waals surface area (Å²) in [5.41, 5.74) is 0. The molecule has 0 aromatic rings. The average Bonchev–Trinajstić information content (AvgIpc) is 2.54. The van der Waals surface area contributed by atoms with Crippen LogP contribution in [0.4, 0.5) is 0 Å². The third kappa shape index (κ3) is 2.62. The highest BCUT2D eigenvalue weighted by Gasteiger charge is 2.40. The van der Waals surface area contributed by atoms with Crippen LogP contribution in [0.3, 0.4) is 0 Å². The van der Waals surface area contributed by atoms with E-state index >= 15 is 0 Å². The van der Waals surface area contributed by atoms with Crippen LogP contribution in [0.2, 0.25) is 0 Å². The van der Waals surface area contributed by atoms with Crippen LogP contribution in [-0.2, 0) is 19.0 Å². The zero-order valence-electron chi connectivity index (χ0n) is 11.9. The smallest absolute Gasteiger partial charge is 0.292 e. The van der Waals surface area contributed by atoms with Gasteiger partial charge in [0.15, 0.2) is 0 Å². The molecule has 6 nitrogen and oxygen atoms in total. The van der Waals surface area contributed by atoms with E-state index in [0.29, 0.717) is 32.1 Å². The molecule has 20 heavy (non-hydrogen) atoms. The molecule has 0 radical (unpaired) electrons. The topological polar surface area (TPSA) is 51.2 Å². The highest BCUT2D eigenvalue weighted by molar-refractivity contribution is 5.91. The van der Waals surface area contributed by atoms with Gasteiger partial charge < -0.3 is 24.0 Å². The van der Waals surface area contributed by atoms with Crippen molar-refractivity contribution >= 4 is 5.91 Å². The molecule has 0 N–H and O–H groups in total. The molecule has 1 amide bonds. The second kappa shape index (κ2) is 6.01. The Labute approximate surface area is 119 Å². The first kappa shape index (κ1) is 13.7. The van der Waals surface area contributed by atoms with E-state index in [1.165, 1.54) is 6.26 Å². The fourth-order valence-electron chi connectivity index (χ4n) is 3.12. The highest BCUT2D eigenvalue weighted by Crippen LogP contribution is 2.25. The number of carbonyl (C=O) groups is 1. The van der Waals surface area contributed by atoms with Gasteiger partial charge in [-0.2, -0.15) is 0 Å². The fraction of sp³-hybridized carbons (Fsp3) is 0.786. The van der Waals surface area contributed by atoms with E-state index in [-0.39, 0.29) is 18.1 Å². The van der Waals surface area contributed by atoms with Crippen LogP contribution >= 0.6 is 0 Å². The number of amides is 1. The lowest BCUT2D eigenvalue weighted by atomic mass is 9.98. The minimum Gasteiger partial charge on any atom is -0.494 e. The number of rotatable bonds is 2. The molecule has 2 fully saturated rings. The Balaban J connectivity index is 1.70. The lowest BCUT2D eigenvalue weighted by Crippen LogP contribution is -2.61. The minimum absolute atomic E-state index is 0.0621. The standard InChI is InChI=1S/C14H22N2O4/c1-2-15-4-3-11-12(9-15)19-6-5-16(11)14(17)13-10-18-7-8-20-13/h10-12H,2-9H2,1H3/t11-,12-/m1/s1. The summed E-state index contributed by atoms with van der Waals surface area (Å²) in [5, 5.41) is 0. The lowest BCUT2D eigenvalue weighted by molar-refractivity contribution is -0.153. The summed E-state index contributed by atoms with van der Waals surface area (Å²) in [7, 11) is 0. The van der Waals surface area contributed by atoms with Crippen LogP contribution in [0.15, 0.2) is 12.0 Å². The molecule has 112 valence electrons. The van der Waals surface area contributed by atoms with Gasteiger partial charge in [0, 0.05) is 19.6 Å². The van der Waals surface area contributed by atoms with Crippen molar-refractivity contribution in [2.75, 3.05) is 46.0 Å². The molecule has 0 saturated carbocycles. The molecular weight excluding hydrogens is 260 g/mol. The van der Waals surface area contributed by atoms with Gasteiger partial charge in [-0.05, 0) is 13.0 Å². The molecular formula is C14H22N2O4. The van der Waals surface area contributed by atoms with Gasteiger partial charge in [0.05, 0.1) is 18.8 Å². The molecule has 2 atom stereocenters. The monoisotopic (exact) mass is 282 g/mol. The Morgan fingerprint density at radius 2 is 2.25 bits per heavy atom. The Morgan fingerprint density at radius 3 is 3.00 bits per heavy atom. The van der Waals surface area contributed by atoms with Gasteiger partial charge in [-0.15, -0.1) is 0 Å². The van der Waals surface area contributed by atoms with Crippen molar-refractivity contribution in [1.29, 1.82) is 0 Å². The third-order valence-electron chi connectivity index (χ3n) is 4.24. The normalized spacial score (nSPS) is 30.9. The van der Waals surface area contributed by atoms with Gasteiger partial charge in [-0.25, -0.2) is 0 Å². The number of likely N-dealkylation sites (tertiary alicyclic amines) is 1. The molecule has 3 rings (SSSR count). The second-order valence-corrected chi connectivity index (χ2v) is 5.36. The number of carbonyl (C=O) groups excluding carboxylic acids is 1. The Hall–Kier alpha value is -1.27. The van der Waals surface area contributed by atoms with Crippen LogP contribution in [-0.4, -0.2) is 73.9 Å². The molecule has 0 aromatic carbocycles. The first-order valence-corrected chi connectivity index (χ1v) is 7.39. The molecule has 0 aromatic heterocycles. The number of nitrogens with zero attached hydrogens (tertiary/aromatic N) is 2. The quantitative estimate of drug-likeness (QED) is 0.724. The largest absolute Gasteiger partial charge is 0.494 e. The minimum atomic E-state index is -0.0621. The molecule has 3 aliphatic heterocycles. The SMILES string of the molecule is CCN1CC[C@@H]2[C@@H](C1)OCCN2C(=O)C1=COCCO1. The third-order valence-corrected chi connectivity index (χ3v) is 4.24. The van der Waals surface area contributed by atoms with Gasteiger partial charge >= 0.3 is 0 Å². The van der Waals surface area contributed by atoms with E-state index in [4.69, 9.17) is 14.2 Å². The predicted octanol–water partition coefficient (Wildman–Crippen LogP) is 0.196. The van der Waals surface area contributed by atoms with E-state index in [2.05, 4.69) is 11.8 Å². The van der Waals surface area contributed by atoms with Crippen LogP contribution in [0.25, 0.3) is 0 Å². The number of ether oxygens (including phenoxy) is 3. The second-order valence-electron chi connectivity index (χ2n) is 5.36. The summed E-state index contributed by atoms with van der Waals surface area (Å²) >= 11 is 0. The summed E-state index contributed by atoms with van der Waals surface area (Å²) in [4.78, 5) is 16.8. The predicted molar refractivity (Wildman–Crippen MR) is 72.0 cm³/mol. The molecule has 0 spiro atoms. The molecule has 0 bridgehead atoms. The lowest BCUT2D eigenvalue weighted by Gasteiger charge is -2.46. The van der Waals surface area contributed by atoms with Crippen molar-refractivity contribution in [3.8, 4) is 0 Å². The summed E-state index contributed by atoms with van der Waals surface area (Å²) in [6.07, 6.45) is 2.52. The van der Waals surface area contributed by atoms with Crippen molar-refractivity contribution in [3.63, 3.8) is 0 Å². The van der Waals surface area contributed by atoms with Crippen molar-refractivity contribution in [3.05, 3.63) is 12.0 Å². The van der Waals surface area contributed by atoms with E-state index in [0.717, 1.165) is 26.1 Å². The Morgan fingerprint density at radius 1 is 1.35 bits per heavy atom. The van der Waals surface area contributed by atoms with Crippen molar-refractivity contribution in [2.45, 2.75) is 25.5 Å². The molecule has 3 aliphatic rings. The first-order chi connectivity index (χ1) is 9.79. The van der Waals surface area contributed by atoms with Crippen molar-refractivity contribution < 1.29 is 19.0 Å². The van der Waals surface area contributed by atoms with Crippen LogP contribution < -0.4 is 0 Å². The fourth-order valence-corrected chi connectivity index (χ4v) is 3.12. The van der Waals surface area contributed by atoms with Gasteiger partial charge in [-0.1, -0.05) is 6.92 Å². The summed E-state index contributed by atoms with van der Waals surface area (Å²) < 4.78 is 16.5. The van der Waals surface area contributed by atoms with Gasteiger partial charge in [0.25, 0.3) is 5.91 Å². The van der Waals surface area contributed by atoms with Gasteiger partial charge in [-0.3, -0.25) is 4.79 Å². The zero-order chi connectivity index (χ0) is 13.9. The molecule has 3 heterocycles.